The van der Waals surface area contributed by atoms with Crippen molar-refractivity contribution in [1.29, 1.82) is 0 Å². The van der Waals surface area contributed by atoms with Crippen molar-refractivity contribution in [2.45, 2.75) is 18.2 Å². The molecule has 0 radical (unpaired) electrons. The molecule has 11 heteroatoms. The van der Waals surface area contributed by atoms with E-state index in [1.54, 1.807) is 0 Å². The number of ether oxygens (including phenoxy) is 1. The first kappa shape index (κ1) is 15.5. The average molecular weight is 320 g/mol. The lowest BCUT2D eigenvalue weighted by molar-refractivity contribution is -0.385. The van der Waals surface area contributed by atoms with Crippen LogP contribution in [0.1, 0.15) is 5.56 Å². The summed E-state index contributed by atoms with van der Waals surface area (Å²) >= 11 is 0. The van der Waals surface area contributed by atoms with Crippen LogP contribution in [0.25, 0.3) is 0 Å². The highest BCUT2D eigenvalue weighted by Gasteiger charge is 2.33. The monoisotopic (exact) mass is 319 g/mol. The average Bonchev–Trinajstić information content (AvgIpc) is 2.16. The van der Waals surface area contributed by atoms with Crippen molar-refractivity contribution < 1.29 is 31.2 Å². The Kier molecular flexibility index (Phi) is 3.96. The van der Waals surface area contributed by atoms with E-state index in [9.17, 15) is 31.7 Å². The van der Waals surface area contributed by atoms with Crippen molar-refractivity contribution in [1.82, 2.24) is 0 Å². The predicted octanol–water partition coefficient (Wildman–Crippen LogP) is 2.73. The maximum Gasteiger partial charge on any atom is 0.573 e. The van der Waals surface area contributed by atoms with E-state index < -0.39 is 36.7 Å². The standard InChI is InChI=1S/C8H5ClF3NO5S/c1-4-6(13(14)15)2-5(18-8(10,11)12)3-7(4)19(9,16)17/h2-3H,1H3. The van der Waals surface area contributed by atoms with Crippen molar-refractivity contribution in [3.63, 3.8) is 0 Å². The van der Waals surface area contributed by atoms with Gasteiger partial charge in [-0.2, -0.15) is 0 Å². The third-order valence-electron chi connectivity index (χ3n) is 2.00. The molecule has 1 rings (SSSR count). The number of hydrogen-bond acceptors (Lipinski definition) is 5. The molecule has 0 amide bonds. The molecule has 6 nitrogen and oxygen atoms in total. The van der Waals surface area contributed by atoms with Gasteiger partial charge in [0, 0.05) is 22.3 Å². The van der Waals surface area contributed by atoms with Crippen LogP contribution in [0, 0.1) is 17.0 Å². The molecule has 0 saturated heterocycles. The largest absolute Gasteiger partial charge is 0.573 e. The normalized spacial score (nSPS) is 12.3. The third kappa shape index (κ3) is 3.96. The van der Waals surface area contributed by atoms with Gasteiger partial charge in [0.2, 0.25) is 0 Å². The van der Waals surface area contributed by atoms with Gasteiger partial charge >= 0.3 is 6.36 Å². The topological polar surface area (TPSA) is 86.5 Å². The molecule has 1 aromatic rings. The third-order valence-corrected chi connectivity index (χ3v) is 3.45. The van der Waals surface area contributed by atoms with E-state index in [-0.39, 0.29) is 5.56 Å². The molecule has 0 spiro atoms. The summed E-state index contributed by atoms with van der Waals surface area (Å²) in [4.78, 5) is 8.80. The van der Waals surface area contributed by atoms with Crippen LogP contribution in [0.15, 0.2) is 17.0 Å². The van der Waals surface area contributed by atoms with Crippen LogP contribution in [-0.4, -0.2) is 19.7 Å². The lowest BCUT2D eigenvalue weighted by Gasteiger charge is -2.11. The number of nitrogens with zero attached hydrogens (tertiary/aromatic N) is 1. The zero-order chi connectivity index (χ0) is 15.0. The van der Waals surface area contributed by atoms with Gasteiger partial charge in [-0.25, -0.2) is 8.42 Å². The molecule has 0 aliphatic carbocycles. The minimum absolute atomic E-state index is 0.380. The minimum Gasteiger partial charge on any atom is -0.405 e. The van der Waals surface area contributed by atoms with E-state index in [0.29, 0.717) is 12.1 Å². The van der Waals surface area contributed by atoms with Crippen molar-refractivity contribution in [3.8, 4) is 5.75 Å². The summed E-state index contributed by atoms with van der Waals surface area (Å²) in [6.45, 7) is 1.05. The van der Waals surface area contributed by atoms with E-state index in [1.165, 1.54) is 0 Å². The zero-order valence-corrected chi connectivity index (χ0v) is 10.6. The lowest BCUT2D eigenvalue weighted by atomic mass is 10.2. The highest BCUT2D eigenvalue weighted by atomic mass is 35.7. The summed E-state index contributed by atoms with van der Waals surface area (Å²) in [5, 5.41) is 10.6. The van der Waals surface area contributed by atoms with Gasteiger partial charge in [0.05, 0.1) is 15.9 Å². The Morgan fingerprint density at radius 1 is 1.37 bits per heavy atom. The Hall–Kier alpha value is -1.55. The minimum atomic E-state index is -5.11. The number of nitro groups is 1. The quantitative estimate of drug-likeness (QED) is 0.485. The van der Waals surface area contributed by atoms with Gasteiger partial charge in [-0.15, -0.1) is 13.2 Å². The predicted molar refractivity (Wildman–Crippen MR) is 57.6 cm³/mol. The highest BCUT2D eigenvalue weighted by Crippen LogP contribution is 2.34. The number of halogens is 4. The number of rotatable bonds is 3. The molecule has 0 aliphatic heterocycles. The van der Waals surface area contributed by atoms with E-state index in [4.69, 9.17) is 10.7 Å². The maximum atomic E-state index is 12.0. The first-order valence-corrected chi connectivity index (χ1v) is 6.72. The molecule has 0 heterocycles. The van der Waals surface area contributed by atoms with Crippen molar-refractivity contribution in [3.05, 3.63) is 27.8 Å². The molecule has 0 aliphatic rings. The lowest BCUT2D eigenvalue weighted by Crippen LogP contribution is -2.17. The Labute approximate surface area is 109 Å². The van der Waals surface area contributed by atoms with E-state index in [1.807, 2.05) is 0 Å². The second kappa shape index (κ2) is 4.85. The van der Waals surface area contributed by atoms with Crippen molar-refractivity contribution >= 4 is 25.4 Å². The van der Waals surface area contributed by atoms with Gasteiger partial charge in [-0.1, -0.05) is 0 Å². The van der Waals surface area contributed by atoms with Crippen molar-refractivity contribution in [2.75, 3.05) is 0 Å². The molecule has 0 fully saturated rings. The van der Waals surface area contributed by atoms with E-state index in [2.05, 4.69) is 4.74 Å². The van der Waals surface area contributed by atoms with E-state index in [0.717, 1.165) is 6.92 Å². The molecule has 0 saturated carbocycles. The smallest absolute Gasteiger partial charge is 0.405 e. The van der Waals surface area contributed by atoms with Gasteiger partial charge in [0.15, 0.2) is 0 Å². The van der Waals surface area contributed by atoms with Gasteiger partial charge in [0.25, 0.3) is 14.7 Å². The van der Waals surface area contributed by atoms with Gasteiger partial charge in [0.1, 0.15) is 5.75 Å². The second-order valence-corrected chi connectivity index (χ2v) is 5.84. The van der Waals surface area contributed by atoms with E-state index >= 15 is 0 Å². The molecule has 0 unspecified atom stereocenters. The van der Waals surface area contributed by atoms with Crippen LogP contribution in [0.3, 0.4) is 0 Å². The van der Waals surface area contributed by atoms with Crippen LogP contribution in [-0.2, 0) is 9.05 Å². The van der Waals surface area contributed by atoms with Crippen LogP contribution in [0.5, 0.6) is 5.75 Å². The molecule has 106 valence electrons. The van der Waals surface area contributed by atoms with Crippen LogP contribution >= 0.6 is 10.7 Å². The van der Waals surface area contributed by atoms with Crippen LogP contribution in [0.2, 0.25) is 0 Å². The first-order valence-electron chi connectivity index (χ1n) is 4.41. The second-order valence-electron chi connectivity index (χ2n) is 3.31. The molecule has 0 aromatic heterocycles. The summed E-state index contributed by atoms with van der Waals surface area (Å²) in [5.41, 5.74) is -1.23. The number of alkyl halides is 3. The fraction of sp³-hybridized carbons (Fsp3) is 0.250. The summed E-state index contributed by atoms with van der Waals surface area (Å²) in [6, 6.07) is 0.937. The Bertz CT molecular complexity index is 628. The molecule has 0 bridgehead atoms. The van der Waals surface area contributed by atoms with Gasteiger partial charge in [-0.05, 0) is 6.92 Å². The Morgan fingerprint density at radius 3 is 2.26 bits per heavy atom. The summed E-state index contributed by atoms with van der Waals surface area (Å²) in [7, 11) is 0.549. The number of hydrogen-bond donors (Lipinski definition) is 0. The number of nitro benzene ring substituents is 1. The highest BCUT2D eigenvalue weighted by molar-refractivity contribution is 8.13. The van der Waals surface area contributed by atoms with Gasteiger partial charge in [-0.3, -0.25) is 10.1 Å². The fourth-order valence-corrected chi connectivity index (χ4v) is 2.49. The summed E-state index contributed by atoms with van der Waals surface area (Å²) in [6.07, 6.45) is -5.11. The van der Waals surface area contributed by atoms with Crippen LogP contribution in [0.4, 0.5) is 18.9 Å². The fourth-order valence-electron chi connectivity index (χ4n) is 1.28. The van der Waals surface area contributed by atoms with Gasteiger partial charge < -0.3 is 4.74 Å². The Balaban J connectivity index is 3.54. The van der Waals surface area contributed by atoms with Crippen molar-refractivity contribution in [2.24, 2.45) is 0 Å². The molecule has 1 aromatic carbocycles. The molecular formula is C8H5ClF3NO5S. The molecule has 19 heavy (non-hydrogen) atoms. The summed E-state index contributed by atoms with van der Waals surface area (Å²) < 4.78 is 61.8. The van der Waals surface area contributed by atoms with Crippen LogP contribution < -0.4 is 4.74 Å². The SMILES string of the molecule is Cc1c([N+](=O)[O-])cc(OC(F)(F)F)cc1S(=O)(=O)Cl. The molecular weight excluding hydrogens is 315 g/mol. The first-order chi connectivity index (χ1) is 8.42. The maximum absolute atomic E-state index is 12.0. The number of benzene rings is 1. The summed E-state index contributed by atoms with van der Waals surface area (Å²) in [5.74, 6) is -1.04. The Morgan fingerprint density at radius 2 is 1.89 bits per heavy atom. The molecule has 0 N–H and O–H groups in total. The molecule has 0 atom stereocenters. The zero-order valence-electron chi connectivity index (χ0n) is 9.06.